The maximum absolute atomic E-state index is 11.7. The van der Waals surface area contributed by atoms with Crippen LogP contribution >= 0.6 is 0 Å². The Kier molecular flexibility index (Phi) is 3.36. The van der Waals surface area contributed by atoms with Gasteiger partial charge in [-0.1, -0.05) is 0 Å². The number of nitrogen functional groups attached to an aromatic ring is 1. The van der Waals surface area contributed by atoms with Crippen LogP contribution in [-0.4, -0.2) is 30.5 Å². The first kappa shape index (κ1) is 12.6. The van der Waals surface area contributed by atoms with Crippen LogP contribution in [-0.2, 0) is 35.6 Å². The second-order valence-corrected chi connectivity index (χ2v) is 4.77. The summed E-state index contributed by atoms with van der Waals surface area (Å²) in [5, 5.41) is 12.1. The molecule has 0 amide bonds. The van der Waals surface area contributed by atoms with E-state index in [0.717, 1.165) is 31.6 Å². The van der Waals surface area contributed by atoms with E-state index in [2.05, 4.69) is 15.3 Å². The molecule has 0 radical (unpaired) electrons. The molecule has 20 heavy (non-hydrogen) atoms. The lowest BCUT2D eigenvalue weighted by Gasteiger charge is -2.14. The number of hydrogen-bond donors (Lipinski definition) is 1. The van der Waals surface area contributed by atoms with Crippen LogP contribution in [0.4, 0.5) is 5.69 Å². The van der Waals surface area contributed by atoms with Gasteiger partial charge in [0.2, 0.25) is 0 Å². The third kappa shape index (κ3) is 2.63. The minimum Gasteiger partial charge on any atom is -0.456 e. The number of aryl methyl sites for hydroxylation is 1. The summed E-state index contributed by atoms with van der Waals surface area (Å²) in [4.78, 5) is 11.7. The molecule has 3 rings (SSSR count). The van der Waals surface area contributed by atoms with E-state index in [-0.39, 0.29) is 19.1 Å². The molecule has 8 nitrogen and oxygen atoms in total. The highest BCUT2D eigenvalue weighted by Crippen LogP contribution is 2.14. The van der Waals surface area contributed by atoms with Crippen LogP contribution in [0.2, 0.25) is 0 Å². The molecule has 2 aromatic heterocycles. The Labute approximate surface area is 115 Å². The van der Waals surface area contributed by atoms with E-state index in [1.807, 2.05) is 4.57 Å². The fourth-order valence-electron chi connectivity index (χ4n) is 2.26. The minimum absolute atomic E-state index is 0.0399. The molecule has 0 saturated heterocycles. The molecule has 1 aliphatic rings. The smallest absolute Gasteiger partial charge is 0.328 e. The molecule has 2 aromatic rings. The number of carbonyl (C=O) groups excluding carboxylic acids is 1. The molecule has 2 N–H and O–H groups in total. The van der Waals surface area contributed by atoms with Crippen LogP contribution < -0.4 is 5.73 Å². The lowest BCUT2D eigenvalue weighted by molar-refractivity contribution is -0.146. The zero-order chi connectivity index (χ0) is 13.9. The number of hydrogen-bond acceptors (Lipinski definition) is 6. The quantitative estimate of drug-likeness (QED) is 0.797. The highest BCUT2D eigenvalue weighted by molar-refractivity contribution is 5.69. The molecule has 0 fully saturated rings. The normalized spacial score (nSPS) is 14.0. The summed E-state index contributed by atoms with van der Waals surface area (Å²) >= 11 is 0. The lowest BCUT2D eigenvalue weighted by Crippen LogP contribution is -2.17. The van der Waals surface area contributed by atoms with Crippen molar-refractivity contribution in [3.05, 3.63) is 24.0 Å². The van der Waals surface area contributed by atoms with Crippen molar-refractivity contribution in [1.82, 2.24) is 24.5 Å². The number of ether oxygens (including phenoxy) is 1. The summed E-state index contributed by atoms with van der Waals surface area (Å²) in [5.74, 6) is 1.30. The van der Waals surface area contributed by atoms with Crippen molar-refractivity contribution >= 4 is 11.7 Å². The summed E-state index contributed by atoms with van der Waals surface area (Å²) < 4.78 is 8.67. The summed E-state index contributed by atoms with van der Waals surface area (Å²) in [6.45, 7) is 1.08. The zero-order valence-electron chi connectivity index (χ0n) is 11.0. The number of anilines is 1. The van der Waals surface area contributed by atoms with Crippen molar-refractivity contribution in [3.8, 4) is 0 Å². The molecule has 1 aliphatic heterocycles. The van der Waals surface area contributed by atoms with Gasteiger partial charge in [-0.25, -0.2) is 0 Å². The van der Waals surface area contributed by atoms with Gasteiger partial charge in [0.25, 0.3) is 0 Å². The van der Waals surface area contributed by atoms with Gasteiger partial charge in [-0.2, -0.15) is 5.10 Å². The average Bonchev–Trinajstić information content (AvgIpc) is 3.03. The second-order valence-electron chi connectivity index (χ2n) is 4.77. The van der Waals surface area contributed by atoms with Gasteiger partial charge in [0.05, 0.1) is 11.9 Å². The maximum Gasteiger partial charge on any atom is 0.328 e. The van der Waals surface area contributed by atoms with E-state index >= 15 is 0 Å². The van der Waals surface area contributed by atoms with Gasteiger partial charge in [0, 0.05) is 19.2 Å². The molecule has 0 saturated carbocycles. The Hall–Kier alpha value is -2.38. The number of nitrogens with zero attached hydrogens (tertiary/aromatic N) is 5. The largest absolute Gasteiger partial charge is 0.456 e. The van der Waals surface area contributed by atoms with Gasteiger partial charge >= 0.3 is 5.97 Å². The van der Waals surface area contributed by atoms with E-state index in [0.29, 0.717) is 11.5 Å². The van der Waals surface area contributed by atoms with Crippen LogP contribution in [0.25, 0.3) is 0 Å². The van der Waals surface area contributed by atoms with Gasteiger partial charge in [0.1, 0.15) is 12.4 Å². The first-order valence-corrected chi connectivity index (χ1v) is 6.57. The molecule has 0 aliphatic carbocycles. The number of esters is 1. The average molecular weight is 276 g/mol. The van der Waals surface area contributed by atoms with E-state index in [1.165, 1.54) is 10.9 Å². The predicted octanol–water partition coefficient (Wildman–Crippen LogP) is 0.136. The molecule has 0 unspecified atom stereocenters. The number of rotatable bonds is 4. The first-order valence-electron chi connectivity index (χ1n) is 6.57. The van der Waals surface area contributed by atoms with Crippen molar-refractivity contribution in [1.29, 1.82) is 0 Å². The van der Waals surface area contributed by atoms with Gasteiger partial charge < -0.3 is 15.0 Å². The Bertz CT molecular complexity index is 617. The Morgan fingerprint density at radius 2 is 2.30 bits per heavy atom. The fourth-order valence-corrected chi connectivity index (χ4v) is 2.26. The van der Waals surface area contributed by atoms with Crippen LogP contribution in [0.15, 0.2) is 12.4 Å². The zero-order valence-corrected chi connectivity index (χ0v) is 11.0. The van der Waals surface area contributed by atoms with E-state index in [9.17, 15) is 4.79 Å². The number of aromatic nitrogens is 5. The van der Waals surface area contributed by atoms with Gasteiger partial charge in [-0.05, 0) is 12.8 Å². The van der Waals surface area contributed by atoms with Crippen LogP contribution in [0.5, 0.6) is 0 Å². The topological polar surface area (TPSA) is 101 Å². The second kappa shape index (κ2) is 5.32. The SMILES string of the molecule is Nc1cnn(CC(=O)OCc2nnc3n2CCCC3)c1. The van der Waals surface area contributed by atoms with E-state index in [4.69, 9.17) is 10.5 Å². The number of fused-ring (bicyclic) bond motifs is 1. The summed E-state index contributed by atoms with van der Waals surface area (Å²) in [6.07, 6.45) is 6.26. The number of carbonyl (C=O) groups is 1. The molecular formula is C12H16N6O2. The first-order chi connectivity index (χ1) is 9.72. The van der Waals surface area contributed by atoms with E-state index < -0.39 is 0 Å². The van der Waals surface area contributed by atoms with Crippen molar-refractivity contribution in [2.24, 2.45) is 0 Å². The Balaban J connectivity index is 1.56. The standard InChI is InChI=1S/C12H16N6O2/c13-9-5-14-17(6-9)7-12(19)20-8-11-16-15-10-3-1-2-4-18(10)11/h5-6H,1-4,7-8,13H2. The molecule has 8 heteroatoms. The molecule has 0 atom stereocenters. The Morgan fingerprint density at radius 3 is 3.10 bits per heavy atom. The Morgan fingerprint density at radius 1 is 1.40 bits per heavy atom. The van der Waals surface area contributed by atoms with Crippen LogP contribution in [0, 0.1) is 0 Å². The molecular weight excluding hydrogens is 260 g/mol. The molecule has 0 spiro atoms. The van der Waals surface area contributed by atoms with E-state index in [1.54, 1.807) is 6.20 Å². The monoisotopic (exact) mass is 276 g/mol. The predicted molar refractivity (Wildman–Crippen MR) is 69.4 cm³/mol. The fraction of sp³-hybridized carbons (Fsp3) is 0.500. The highest BCUT2D eigenvalue weighted by atomic mass is 16.5. The van der Waals surface area contributed by atoms with Crippen molar-refractivity contribution in [3.63, 3.8) is 0 Å². The highest BCUT2D eigenvalue weighted by Gasteiger charge is 2.16. The van der Waals surface area contributed by atoms with Gasteiger partial charge in [0.15, 0.2) is 12.4 Å². The van der Waals surface area contributed by atoms with Crippen LogP contribution in [0.1, 0.15) is 24.5 Å². The molecule has 0 aromatic carbocycles. The molecule has 106 valence electrons. The summed E-state index contributed by atoms with van der Waals surface area (Å²) in [5.41, 5.74) is 6.04. The van der Waals surface area contributed by atoms with Crippen molar-refractivity contribution in [2.75, 3.05) is 5.73 Å². The van der Waals surface area contributed by atoms with Crippen molar-refractivity contribution in [2.45, 2.75) is 39.0 Å². The maximum atomic E-state index is 11.7. The molecule has 3 heterocycles. The lowest BCUT2D eigenvalue weighted by atomic mass is 10.2. The third-order valence-corrected chi connectivity index (χ3v) is 3.24. The summed E-state index contributed by atoms with van der Waals surface area (Å²) in [7, 11) is 0. The van der Waals surface area contributed by atoms with Crippen LogP contribution in [0.3, 0.4) is 0 Å². The third-order valence-electron chi connectivity index (χ3n) is 3.24. The van der Waals surface area contributed by atoms with Crippen molar-refractivity contribution < 1.29 is 9.53 Å². The number of nitrogens with two attached hydrogens (primary N) is 1. The van der Waals surface area contributed by atoms with Gasteiger partial charge in [-0.15, -0.1) is 10.2 Å². The summed E-state index contributed by atoms with van der Waals surface area (Å²) in [6, 6.07) is 0. The van der Waals surface area contributed by atoms with Gasteiger partial charge in [-0.3, -0.25) is 9.48 Å². The minimum atomic E-state index is -0.374. The molecule has 0 bridgehead atoms.